The van der Waals surface area contributed by atoms with Crippen LogP contribution in [0.3, 0.4) is 0 Å². The highest BCUT2D eigenvalue weighted by Gasteiger charge is 2.53. The second kappa shape index (κ2) is 14.3. The Morgan fingerprint density at radius 3 is 2.56 bits per heavy atom. The zero-order valence-corrected chi connectivity index (χ0v) is 25.5. The van der Waals surface area contributed by atoms with E-state index in [4.69, 9.17) is 19.6 Å². The van der Waals surface area contributed by atoms with Crippen LogP contribution in [0, 0.1) is 11.6 Å². The summed E-state index contributed by atoms with van der Waals surface area (Å²) < 4.78 is 41.4. The van der Waals surface area contributed by atoms with Crippen molar-refractivity contribution in [2.75, 3.05) is 13.2 Å². The molecule has 1 amide bonds. The third-order valence-corrected chi connectivity index (χ3v) is 7.78. The number of aliphatic imine (C=N–C) groups is 1. The van der Waals surface area contributed by atoms with Crippen molar-refractivity contribution in [3.8, 4) is 5.75 Å². The van der Waals surface area contributed by atoms with E-state index in [1.165, 1.54) is 0 Å². The summed E-state index contributed by atoms with van der Waals surface area (Å²) >= 11 is 3.45. The molecule has 0 aromatic heterocycles. The molecule has 1 aliphatic heterocycles. The van der Waals surface area contributed by atoms with E-state index >= 15 is 0 Å². The molecule has 1 heterocycles. The van der Waals surface area contributed by atoms with Gasteiger partial charge in [0.15, 0.2) is 11.6 Å². The summed E-state index contributed by atoms with van der Waals surface area (Å²) in [4.78, 5) is 22.2. The second-order valence-electron chi connectivity index (χ2n) is 10.3. The van der Waals surface area contributed by atoms with E-state index in [2.05, 4.69) is 31.3 Å². The molecule has 0 bridgehead atoms. The number of aliphatic hydroxyl groups is 1. The Morgan fingerprint density at radius 2 is 1.82 bits per heavy atom. The largest absolute Gasteiger partial charge is 0.494 e. The number of carbonyl (C=O) groups is 1. The number of hydrogen-bond acceptors (Lipinski definition) is 6. The summed E-state index contributed by atoms with van der Waals surface area (Å²) in [6.45, 7) is 0.0532. The van der Waals surface area contributed by atoms with Crippen LogP contribution in [0.15, 0.2) is 106 Å². The van der Waals surface area contributed by atoms with E-state index in [-0.39, 0.29) is 31.0 Å². The molecule has 0 fully saturated rings. The first kappa shape index (κ1) is 31.6. The summed E-state index contributed by atoms with van der Waals surface area (Å²) in [5.41, 5.74) is 9.56. The zero-order chi connectivity index (χ0) is 31.8. The minimum absolute atomic E-state index is 0.0129. The highest BCUT2D eigenvalue weighted by atomic mass is 79.9. The van der Waals surface area contributed by atoms with E-state index in [1.54, 1.807) is 60.7 Å². The fourth-order valence-corrected chi connectivity index (χ4v) is 5.29. The number of azide groups is 1. The zero-order valence-electron chi connectivity index (χ0n) is 23.9. The molecule has 0 saturated carbocycles. The van der Waals surface area contributed by atoms with E-state index < -0.39 is 29.2 Å². The number of amides is 1. The molecule has 12 heteroatoms. The molecule has 2 N–H and O–H groups in total. The molecule has 45 heavy (non-hydrogen) atoms. The van der Waals surface area contributed by atoms with E-state index in [1.807, 2.05) is 12.1 Å². The molecule has 0 spiro atoms. The number of rotatable bonds is 12. The maximum absolute atomic E-state index is 14.5. The lowest BCUT2D eigenvalue weighted by Gasteiger charge is -2.31. The van der Waals surface area contributed by atoms with Crippen molar-refractivity contribution < 1.29 is 28.2 Å². The van der Waals surface area contributed by atoms with Crippen LogP contribution < -0.4 is 10.1 Å². The Kier molecular flexibility index (Phi) is 10.1. The molecule has 0 unspecified atom stereocenters. The van der Waals surface area contributed by atoms with Crippen molar-refractivity contribution >= 4 is 33.4 Å². The number of benzene rings is 4. The average Bonchev–Trinajstić information content (AvgIpc) is 3.43. The number of nitrogens with one attached hydrogen (secondary N) is 1. The lowest BCUT2D eigenvalue weighted by Crippen LogP contribution is -2.49. The maximum Gasteiger partial charge on any atom is 0.252 e. The first-order valence-corrected chi connectivity index (χ1v) is 14.8. The van der Waals surface area contributed by atoms with Crippen molar-refractivity contribution in [3.63, 3.8) is 0 Å². The molecule has 2 atom stereocenters. The molecule has 0 aliphatic carbocycles. The molecule has 4 aromatic rings. The summed E-state index contributed by atoms with van der Waals surface area (Å²) in [5.74, 6) is -1.15. The lowest BCUT2D eigenvalue weighted by atomic mass is 9.81. The number of halogens is 3. The standard InChI is InChI=1S/C33H28BrF2N5O4/c34-25-10-6-21(7-11-25)30-33(19-23-4-1-2-5-29(23)40-41-37,32(43)38-20-24-18-26(35)12-15-28(24)36)39-31(45-30)22-8-13-27(14-9-22)44-17-3-16-42/h1-2,4-15,18,30,42H,3,16-17,19-20H2,(H,38,43)/t30-,33-/m1/s1. The molecule has 1 aliphatic rings. The van der Waals surface area contributed by atoms with Crippen LogP contribution >= 0.6 is 15.9 Å². The van der Waals surface area contributed by atoms with Gasteiger partial charge in [0.1, 0.15) is 17.4 Å². The van der Waals surface area contributed by atoms with Crippen molar-refractivity contribution in [1.29, 1.82) is 0 Å². The number of aliphatic hydroxyl groups excluding tert-OH is 1. The fraction of sp³-hybridized carbons (Fsp3) is 0.212. The number of carbonyl (C=O) groups excluding carboxylic acids is 1. The Balaban J connectivity index is 1.60. The van der Waals surface area contributed by atoms with Crippen LogP contribution in [0.25, 0.3) is 10.4 Å². The summed E-state index contributed by atoms with van der Waals surface area (Å²) in [7, 11) is 0. The van der Waals surface area contributed by atoms with E-state index in [9.17, 15) is 19.1 Å². The predicted octanol–water partition coefficient (Wildman–Crippen LogP) is 7.25. The van der Waals surface area contributed by atoms with Crippen molar-refractivity contribution in [3.05, 3.63) is 140 Å². The van der Waals surface area contributed by atoms with Gasteiger partial charge >= 0.3 is 0 Å². The highest BCUT2D eigenvalue weighted by Crippen LogP contribution is 2.44. The topological polar surface area (TPSA) is 129 Å². The first-order chi connectivity index (χ1) is 21.8. The Labute approximate surface area is 266 Å². The molecular formula is C33H28BrF2N5O4. The van der Waals surface area contributed by atoms with Gasteiger partial charge in [0.05, 0.1) is 6.61 Å². The second-order valence-corrected chi connectivity index (χ2v) is 11.2. The van der Waals surface area contributed by atoms with Gasteiger partial charge in [0.25, 0.3) is 5.91 Å². The first-order valence-electron chi connectivity index (χ1n) is 14.0. The van der Waals surface area contributed by atoms with E-state index in [0.29, 0.717) is 41.2 Å². The van der Waals surface area contributed by atoms with Gasteiger partial charge in [-0.1, -0.05) is 57.4 Å². The third-order valence-electron chi connectivity index (χ3n) is 7.25. The van der Waals surface area contributed by atoms with Gasteiger partial charge in [-0.25, -0.2) is 13.8 Å². The van der Waals surface area contributed by atoms with Gasteiger partial charge in [-0.3, -0.25) is 4.79 Å². The van der Waals surface area contributed by atoms with Crippen LogP contribution in [0.2, 0.25) is 0 Å². The normalized spacial score (nSPS) is 17.2. The smallest absolute Gasteiger partial charge is 0.252 e. The summed E-state index contributed by atoms with van der Waals surface area (Å²) in [6, 6.07) is 24.0. The van der Waals surface area contributed by atoms with Crippen molar-refractivity contribution in [2.45, 2.75) is 31.0 Å². The molecule has 230 valence electrons. The Morgan fingerprint density at radius 1 is 1.07 bits per heavy atom. The van der Waals surface area contributed by atoms with Crippen LogP contribution in [-0.2, 0) is 22.5 Å². The van der Waals surface area contributed by atoms with Gasteiger partial charge in [-0.2, -0.15) is 0 Å². The molecule has 9 nitrogen and oxygen atoms in total. The van der Waals surface area contributed by atoms with Crippen molar-refractivity contribution in [2.24, 2.45) is 10.1 Å². The summed E-state index contributed by atoms with van der Waals surface area (Å²) in [6.07, 6.45) is -0.523. The van der Waals surface area contributed by atoms with E-state index in [0.717, 1.165) is 22.7 Å². The van der Waals surface area contributed by atoms with Gasteiger partial charge in [0, 0.05) is 52.2 Å². The molecule has 4 aromatic carbocycles. The fourth-order valence-electron chi connectivity index (χ4n) is 5.02. The molecular weight excluding hydrogens is 648 g/mol. The highest BCUT2D eigenvalue weighted by molar-refractivity contribution is 9.10. The lowest BCUT2D eigenvalue weighted by molar-refractivity contribution is -0.129. The third kappa shape index (κ3) is 7.31. The number of nitrogens with zero attached hydrogens (tertiary/aromatic N) is 4. The van der Waals surface area contributed by atoms with Crippen LogP contribution in [0.1, 0.15) is 34.8 Å². The molecule has 0 radical (unpaired) electrons. The minimum atomic E-state index is -1.66. The Bertz CT molecular complexity index is 1750. The quantitative estimate of drug-likeness (QED) is 0.0709. The number of hydrogen-bond donors (Lipinski definition) is 2. The average molecular weight is 677 g/mol. The molecule has 0 saturated heterocycles. The Hall–Kier alpha value is -4.77. The number of ether oxygens (including phenoxy) is 2. The van der Waals surface area contributed by atoms with Gasteiger partial charge < -0.3 is 19.9 Å². The van der Waals surface area contributed by atoms with Gasteiger partial charge in [0.2, 0.25) is 5.90 Å². The van der Waals surface area contributed by atoms with Gasteiger partial charge in [-0.05, 0) is 71.3 Å². The van der Waals surface area contributed by atoms with Crippen LogP contribution in [0.4, 0.5) is 14.5 Å². The molecule has 5 rings (SSSR count). The monoisotopic (exact) mass is 675 g/mol. The van der Waals surface area contributed by atoms with Crippen LogP contribution in [-0.4, -0.2) is 35.7 Å². The SMILES string of the molecule is [N-]=[N+]=Nc1ccccc1C[C@@]1(C(=O)NCc2cc(F)ccc2F)N=C(c2ccc(OCCCO)cc2)O[C@@H]1c1ccc(Br)cc1. The predicted molar refractivity (Wildman–Crippen MR) is 168 cm³/mol. The van der Waals surface area contributed by atoms with Crippen LogP contribution in [0.5, 0.6) is 5.75 Å². The maximum atomic E-state index is 14.5. The van der Waals surface area contributed by atoms with Crippen molar-refractivity contribution in [1.82, 2.24) is 5.32 Å². The summed E-state index contributed by atoms with van der Waals surface area (Å²) in [5, 5.41) is 15.6. The van der Waals surface area contributed by atoms with Gasteiger partial charge in [-0.15, -0.1) is 0 Å². The minimum Gasteiger partial charge on any atom is -0.494 e.